The Morgan fingerprint density at radius 2 is 1.77 bits per heavy atom. The average Bonchev–Trinajstić information content (AvgIpc) is 3.35. The second-order valence-corrected chi connectivity index (χ2v) is 4.72. The Labute approximate surface area is 127 Å². The fraction of sp³-hybridized carbons (Fsp3) is 0.357. The number of nitrogens with one attached hydrogen (secondary N) is 3. The number of hydrogen-bond donors (Lipinski definition) is 3. The van der Waals surface area contributed by atoms with Crippen LogP contribution in [-0.4, -0.2) is 38.0 Å². The Morgan fingerprint density at radius 1 is 1.05 bits per heavy atom. The molecule has 0 unspecified atom stereocenters. The van der Waals surface area contributed by atoms with Crippen LogP contribution in [0.5, 0.6) is 11.5 Å². The van der Waals surface area contributed by atoms with Gasteiger partial charge in [0.2, 0.25) is 0 Å². The van der Waals surface area contributed by atoms with Crippen LogP contribution in [0.25, 0.3) is 0 Å². The van der Waals surface area contributed by atoms with E-state index in [1.165, 1.54) is 20.3 Å². The zero-order valence-corrected chi connectivity index (χ0v) is 12.3. The van der Waals surface area contributed by atoms with Gasteiger partial charge in [-0.05, 0) is 31.0 Å². The maximum atomic E-state index is 12.1. The van der Waals surface area contributed by atoms with Gasteiger partial charge >= 0.3 is 11.8 Å². The second-order valence-electron chi connectivity index (χ2n) is 4.72. The third-order valence-electron chi connectivity index (χ3n) is 3.06. The number of carbonyl (C=O) groups is 3. The fourth-order valence-electron chi connectivity index (χ4n) is 1.71. The monoisotopic (exact) mass is 307 g/mol. The predicted molar refractivity (Wildman–Crippen MR) is 76.3 cm³/mol. The molecule has 1 aliphatic rings. The van der Waals surface area contributed by atoms with Gasteiger partial charge < -0.3 is 14.8 Å². The molecule has 2 rings (SSSR count). The normalized spacial score (nSPS) is 13.0. The van der Waals surface area contributed by atoms with E-state index in [1.807, 2.05) is 0 Å². The summed E-state index contributed by atoms with van der Waals surface area (Å²) in [6.45, 7) is 0. The van der Waals surface area contributed by atoms with Gasteiger partial charge in [-0.1, -0.05) is 0 Å². The van der Waals surface area contributed by atoms with Gasteiger partial charge in [-0.2, -0.15) is 0 Å². The highest BCUT2D eigenvalue weighted by Crippen LogP contribution is 2.23. The number of methoxy groups -OCH3 is 2. The third kappa shape index (κ3) is 3.87. The van der Waals surface area contributed by atoms with E-state index in [-0.39, 0.29) is 11.6 Å². The first-order chi connectivity index (χ1) is 10.5. The van der Waals surface area contributed by atoms with E-state index in [2.05, 4.69) is 16.2 Å². The minimum absolute atomic E-state index is 0.0624. The first-order valence-electron chi connectivity index (χ1n) is 6.68. The van der Waals surface area contributed by atoms with E-state index in [0.29, 0.717) is 11.5 Å². The lowest BCUT2D eigenvalue weighted by atomic mass is 10.2. The lowest BCUT2D eigenvalue weighted by molar-refractivity contribution is -0.139. The Morgan fingerprint density at radius 3 is 2.36 bits per heavy atom. The number of hydrazine groups is 1. The minimum atomic E-state index is -0.929. The molecule has 1 aromatic rings. The van der Waals surface area contributed by atoms with Gasteiger partial charge in [0.05, 0.1) is 19.8 Å². The second kappa shape index (κ2) is 6.79. The van der Waals surface area contributed by atoms with Gasteiger partial charge in [-0.25, -0.2) is 0 Å². The third-order valence-corrected chi connectivity index (χ3v) is 3.06. The molecule has 8 heteroatoms. The molecular weight excluding hydrogens is 290 g/mol. The van der Waals surface area contributed by atoms with Gasteiger partial charge in [0.25, 0.3) is 5.91 Å². The van der Waals surface area contributed by atoms with Crippen LogP contribution in [0, 0.1) is 0 Å². The molecular formula is C14H17N3O5. The van der Waals surface area contributed by atoms with E-state index in [1.54, 1.807) is 12.1 Å². The number of amides is 3. The number of rotatable bonds is 4. The Bertz CT molecular complexity index is 598. The van der Waals surface area contributed by atoms with Crippen LogP contribution < -0.4 is 25.6 Å². The molecule has 0 radical (unpaired) electrons. The molecule has 8 nitrogen and oxygen atoms in total. The van der Waals surface area contributed by atoms with E-state index >= 15 is 0 Å². The van der Waals surface area contributed by atoms with E-state index in [0.717, 1.165) is 12.8 Å². The van der Waals surface area contributed by atoms with Gasteiger partial charge in [0, 0.05) is 6.04 Å². The summed E-state index contributed by atoms with van der Waals surface area (Å²) in [5, 5.41) is 2.51. The largest absolute Gasteiger partial charge is 0.497 e. The van der Waals surface area contributed by atoms with Crippen molar-refractivity contribution in [1.82, 2.24) is 16.2 Å². The van der Waals surface area contributed by atoms with E-state index in [4.69, 9.17) is 9.47 Å². The summed E-state index contributed by atoms with van der Waals surface area (Å²) < 4.78 is 10.1. The molecule has 0 aliphatic heterocycles. The lowest BCUT2D eigenvalue weighted by Crippen LogP contribution is -2.49. The molecule has 22 heavy (non-hydrogen) atoms. The highest BCUT2D eigenvalue weighted by Gasteiger charge is 2.26. The molecule has 1 aromatic carbocycles. The van der Waals surface area contributed by atoms with Gasteiger partial charge in [-0.3, -0.25) is 25.2 Å². The van der Waals surface area contributed by atoms with E-state index < -0.39 is 17.7 Å². The standard InChI is InChI=1S/C14H17N3O5/c1-21-9-5-6-11(22-2)10(7-9)12(18)16-17-14(20)13(19)15-8-3-4-8/h5-8H,3-4H2,1-2H3,(H,15,19)(H,16,18)(H,17,20). The molecule has 3 N–H and O–H groups in total. The molecule has 1 aliphatic carbocycles. The molecule has 1 saturated carbocycles. The molecule has 0 aromatic heterocycles. The SMILES string of the molecule is COc1ccc(OC)c(C(=O)NNC(=O)C(=O)NC2CC2)c1. The van der Waals surface area contributed by atoms with Crippen molar-refractivity contribution < 1.29 is 23.9 Å². The maximum Gasteiger partial charge on any atom is 0.327 e. The number of hydrogen-bond acceptors (Lipinski definition) is 5. The molecule has 118 valence electrons. The van der Waals surface area contributed by atoms with Crippen molar-refractivity contribution in [1.29, 1.82) is 0 Å². The highest BCUT2D eigenvalue weighted by atomic mass is 16.5. The summed E-state index contributed by atoms with van der Waals surface area (Å²) in [7, 11) is 2.88. The Balaban J connectivity index is 1.96. The van der Waals surface area contributed by atoms with Gasteiger partial charge in [-0.15, -0.1) is 0 Å². The zero-order chi connectivity index (χ0) is 16.1. The summed E-state index contributed by atoms with van der Waals surface area (Å²) in [4.78, 5) is 35.0. The topological polar surface area (TPSA) is 106 Å². The van der Waals surface area contributed by atoms with Gasteiger partial charge in [0.1, 0.15) is 11.5 Å². The van der Waals surface area contributed by atoms with Crippen LogP contribution in [0.4, 0.5) is 0 Å². The smallest absolute Gasteiger partial charge is 0.327 e. The minimum Gasteiger partial charge on any atom is -0.497 e. The number of ether oxygens (including phenoxy) is 2. The van der Waals surface area contributed by atoms with Crippen molar-refractivity contribution in [3.63, 3.8) is 0 Å². The average molecular weight is 307 g/mol. The number of benzene rings is 1. The number of carbonyl (C=O) groups excluding carboxylic acids is 3. The maximum absolute atomic E-state index is 12.1. The molecule has 0 atom stereocenters. The van der Waals surface area contributed by atoms with Crippen molar-refractivity contribution >= 4 is 17.7 Å². The van der Waals surface area contributed by atoms with Crippen molar-refractivity contribution in [3.05, 3.63) is 23.8 Å². The Hall–Kier alpha value is -2.77. The highest BCUT2D eigenvalue weighted by molar-refractivity contribution is 6.35. The van der Waals surface area contributed by atoms with Crippen molar-refractivity contribution in [2.24, 2.45) is 0 Å². The fourth-order valence-corrected chi connectivity index (χ4v) is 1.71. The first kappa shape index (κ1) is 15.6. The van der Waals surface area contributed by atoms with Crippen LogP contribution in [0.3, 0.4) is 0 Å². The molecule has 0 spiro atoms. The van der Waals surface area contributed by atoms with Crippen molar-refractivity contribution in [3.8, 4) is 11.5 Å². The summed E-state index contributed by atoms with van der Waals surface area (Å²) in [5.74, 6) is -1.55. The Kier molecular flexibility index (Phi) is 4.82. The van der Waals surface area contributed by atoms with Crippen molar-refractivity contribution in [2.45, 2.75) is 18.9 Å². The van der Waals surface area contributed by atoms with Crippen LogP contribution in [0.1, 0.15) is 23.2 Å². The first-order valence-corrected chi connectivity index (χ1v) is 6.68. The molecule has 0 heterocycles. The predicted octanol–water partition coefficient (Wildman–Crippen LogP) is -0.257. The molecule has 1 fully saturated rings. The van der Waals surface area contributed by atoms with E-state index in [9.17, 15) is 14.4 Å². The van der Waals surface area contributed by atoms with Crippen LogP contribution >= 0.6 is 0 Å². The summed E-state index contributed by atoms with van der Waals surface area (Å²) in [6, 6.07) is 4.73. The summed E-state index contributed by atoms with van der Waals surface area (Å²) >= 11 is 0. The van der Waals surface area contributed by atoms with Gasteiger partial charge in [0.15, 0.2) is 0 Å². The molecule has 0 saturated heterocycles. The van der Waals surface area contributed by atoms with Crippen LogP contribution in [0.15, 0.2) is 18.2 Å². The molecule has 0 bridgehead atoms. The quantitative estimate of drug-likeness (QED) is 0.525. The zero-order valence-electron chi connectivity index (χ0n) is 12.3. The lowest BCUT2D eigenvalue weighted by Gasteiger charge is -2.11. The summed E-state index contributed by atoms with van der Waals surface area (Å²) in [5.41, 5.74) is 4.39. The van der Waals surface area contributed by atoms with Crippen LogP contribution in [0.2, 0.25) is 0 Å². The van der Waals surface area contributed by atoms with Crippen LogP contribution in [-0.2, 0) is 9.59 Å². The van der Waals surface area contributed by atoms with Crippen molar-refractivity contribution in [2.75, 3.05) is 14.2 Å². The molecule has 3 amide bonds. The summed E-state index contributed by atoms with van der Waals surface area (Å²) in [6.07, 6.45) is 1.73.